The second-order valence-corrected chi connectivity index (χ2v) is 11.5. The van der Waals surface area contributed by atoms with Crippen molar-refractivity contribution in [3.8, 4) is 0 Å². The second-order valence-electron chi connectivity index (χ2n) is 11.5. The Kier molecular flexibility index (Phi) is 5.29. The Morgan fingerprint density at radius 3 is 2.29 bits per heavy atom. The number of likely N-dealkylation sites (tertiary alicyclic amines) is 1. The Bertz CT molecular complexity index is 842. The van der Waals surface area contributed by atoms with Gasteiger partial charge in [-0.15, -0.1) is 0 Å². The molecule has 4 aliphatic rings. The van der Waals surface area contributed by atoms with Crippen LogP contribution < -0.4 is 5.46 Å². The fourth-order valence-corrected chi connectivity index (χ4v) is 6.27. The van der Waals surface area contributed by atoms with Crippen molar-refractivity contribution in [1.82, 2.24) is 4.90 Å². The molecule has 4 nitrogen and oxygen atoms in total. The van der Waals surface area contributed by atoms with Crippen molar-refractivity contribution in [3.05, 3.63) is 29.3 Å². The maximum absolute atomic E-state index is 13.0. The van der Waals surface area contributed by atoms with Crippen molar-refractivity contribution in [1.29, 1.82) is 0 Å². The molecule has 3 fully saturated rings. The van der Waals surface area contributed by atoms with Gasteiger partial charge in [0.05, 0.1) is 17.2 Å². The number of carbonyl (C=O) groups is 1. The van der Waals surface area contributed by atoms with E-state index in [0.29, 0.717) is 24.2 Å². The molecular formula is C26H38BNO3. The van der Waals surface area contributed by atoms with Crippen LogP contribution in [0.15, 0.2) is 18.2 Å². The van der Waals surface area contributed by atoms with Gasteiger partial charge in [-0.3, -0.25) is 4.79 Å². The van der Waals surface area contributed by atoms with E-state index in [-0.39, 0.29) is 24.4 Å². The van der Waals surface area contributed by atoms with Gasteiger partial charge < -0.3 is 14.2 Å². The molecular weight excluding hydrogens is 385 g/mol. The van der Waals surface area contributed by atoms with Crippen LogP contribution in [-0.4, -0.2) is 35.7 Å². The highest BCUT2D eigenvalue weighted by molar-refractivity contribution is 6.62. The third-order valence-corrected chi connectivity index (χ3v) is 9.03. The summed E-state index contributed by atoms with van der Waals surface area (Å²) < 4.78 is 12.6. The highest BCUT2D eigenvalue weighted by atomic mass is 16.7. The number of benzene rings is 1. The molecule has 0 aromatic heterocycles. The van der Waals surface area contributed by atoms with Gasteiger partial charge in [0.15, 0.2) is 0 Å². The average molecular weight is 423 g/mol. The first kappa shape index (κ1) is 21.5. The fourth-order valence-electron chi connectivity index (χ4n) is 6.27. The third kappa shape index (κ3) is 3.66. The topological polar surface area (TPSA) is 38.8 Å². The van der Waals surface area contributed by atoms with Crippen LogP contribution in [0.4, 0.5) is 0 Å². The zero-order chi connectivity index (χ0) is 22.0. The minimum atomic E-state index is -0.343. The minimum absolute atomic E-state index is 0.244. The van der Waals surface area contributed by atoms with Crippen LogP contribution >= 0.6 is 0 Å². The van der Waals surface area contributed by atoms with E-state index in [4.69, 9.17) is 9.31 Å². The van der Waals surface area contributed by atoms with Gasteiger partial charge in [-0.2, -0.15) is 0 Å². The third-order valence-electron chi connectivity index (χ3n) is 9.03. The molecule has 1 aromatic rings. The number of carbonyl (C=O) groups excluding carboxylic acids is 1. The van der Waals surface area contributed by atoms with E-state index in [1.807, 2.05) is 0 Å². The standard InChI is InChI=1S/C26H38BNO3/c1-6-17-7-9-18(10-8-17)16-28-23(29)14-20-13-19-11-12-21(15-22(19)24(20)28)27-30-25(2,3)26(4,5)31-27/h11-12,15,17-18,20,24H,6-10,13-14,16H2,1-5H3. The maximum Gasteiger partial charge on any atom is 0.494 e. The number of amides is 1. The summed E-state index contributed by atoms with van der Waals surface area (Å²) in [7, 11) is -0.343. The molecule has 1 aromatic carbocycles. The van der Waals surface area contributed by atoms with E-state index >= 15 is 0 Å². The van der Waals surface area contributed by atoms with E-state index in [2.05, 4.69) is 57.7 Å². The summed E-state index contributed by atoms with van der Waals surface area (Å²) in [5.41, 5.74) is 3.14. The van der Waals surface area contributed by atoms with Gasteiger partial charge in [-0.25, -0.2) is 0 Å². The second kappa shape index (κ2) is 7.62. The Labute approximate surface area is 188 Å². The smallest absolute Gasteiger partial charge is 0.399 e. The normalized spacial score (nSPS) is 33.6. The zero-order valence-corrected chi connectivity index (χ0v) is 19.9. The summed E-state index contributed by atoms with van der Waals surface area (Å²) in [6.07, 6.45) is 8.25. The van der Waals surface area contributed by atoms with Gasteiger partial charge in [0, 0.05) is 13.0 Å². The molecule has 0 radical (unpaired) electrons. The van der Waals surface area contributed by atoms with Crippen LogP contribution in [0.5, 0.6) is 0 Å². The molecule has 2 aliphatic heterocycles. The molecule has 168 valence electrons. The first-order valence-electron chi connectivity index (χ1n) is 12.5. The first-order chi connectivity index (χ1) is 14.7. The Balaban J connectivity index is 1.36. The molecule has 1 saturated carbocycles. The largest absolute Gasteiger partial charge is 0.494 e. The van der Waals surface area contributed by atoms with Gasteiger partial charge in [0.25, 0.3) is 0 Å². The summed E-state index contributed by atoms with van der Waals surface area (Å²) in [4.78, 5) is 15.2. The predicted molar refractivity (Wildman–Crippen MR) is 124 cm³/mol. The molecule has 1 amide bonds. The van der Waals surface area contributed by atoms with Gasteiger partial charge >= 0.3 is 7.12 Å². The van der Waals surface area contributed by atoms with Gasteiger partial charge in [0.2, 0.25) is 5.91 Å². The first-order valence-corrected chi connectivity index (χ1v) is 12.5. The molecule has 0 N–H and O–H groups in total. The van der Waals surface area contributed by atoms with E-state index < -0.39 is 0 Å². The summed E-state index contributed by atoms with van der Waals surface area (Å²) in [5.74, 6) is 2.36. The van der Waals surface area contributed by atoms with Crippen LogP contribution in [0.2, 0.25) is 0 Å². The highest BCUT2D eigenvalue weighted by Gasteiger charge is 2.52. The molecule has 31 heavy (non-hydrogen) atoms. The highest BCUT2D eigenvalue weighted by Crippen LogP contribution is 2.48. The number of nitrogens with zero attached hydrogens (tertiary/aromatic N) is 1. The quantitative estimate of drug-likeness (QED) is 0.662. The lowest BCUT2D eigenvalue weighted by atomic mass is 9.77. The molecule has 0 bridgehead atoms. The SMILES string of the molecule is CCC1CCC(CN2C(=O)CC3Cc4ccc(B5OC(C)(C)C(C)(C)O5)cc4C32)CC1. The van der Waals surface area contributed by atoms with Crippen LogP contribution in [0.3, 0.4) is 0 Å². The molecule has 2 unspecified atom stereocenters. The molecule has 0 spiro atoms. The van der Waals surface area contributed by atoms with E-state index in [1.54, 1.807) is 0 Å². The molecule has 5 heteroatoms. The van der Waals surface area contributed by atoms with Crippen LogP contribution in [0.25, 0.3) is 0 Å². The number of rotatable bonds is 4. The average Bonchev–Trinajstić information content (AvgIpc) is 3.29. The summed E-state index contributed by atoms with van der Waals surface area (Å²) in [6.45, 7) is 11.6. The summed E-state index contributed by atoms with van der Waals surface area (Å²) >= 11 is 0. The molecule has 2 atom stereocenters. The van der Waals surface area contributed by atoms with Crippen molar-refractivity contribution in [3.63, 3.8) is 0 Å². The predicted octanol–water partition coefficient (Wildman–Crippen LogP) is 4.65. The van der Waals surface area contributed by atoms with Gasteiger partial charge in [-0.1, -0.05) is 44.4 Å². The van der Waals surface area contributed by atoms with Crippen molar-refractivity contribution < 1.29 is 14.1 Å². The summed E-state index contributed by atoms with van der Waals surface area (Å²) in [6, 6.07) is 6.94. The maximum atomic E-state index is 13.0. The molecule has 2 heterocycles. The van der Waals surface area contributed by atoms with Gasteiger partial charge in [0.1, 0.15) is 0 Å². The number of hydrogen-bond donors (Lipinski definition) is 0. The molecule has 2 aliphatic carbocycles. The van der Waals surface area contributed by atoms with Crippen molar-refractivity contribution in [2.24, 2.45) is 17.8 Å². The number of hydrogen-bond acceptors (Lipinski definition) is 3. The molecule has 5 rings (SSSR count). The molecule has 2 saturated heterocycles. The number of fused-ring (bicyclic) bond motifs is 3. The zero-order valence-electron chi connectivity index (χ0n) is 19.9. The van der Waals surface area contributed by atoms with E-state index in [0.717, 1.165) is 24.3 Å². The van der Waals surface area contributed by atoms with Crippen LogP contribution in [-0.2, 0) is 20.5 Å². The lowest BCUT2D eigenvalue weighted by Crippen LogP contribution is -2.41. The van der Waals surface area contributed by atoms with Crippen molar-refractivity contribution in [2.75, 3.05) is 6.54 Å². The Morgan fingerprint density at radius 1 is 1.00 bits per heavy atom. The Hall–Kier alpha value is -1.33. The fraction of sp³-hybridized carbons (Fsp3) is 0.731. The summed E-state index contributed by atoms with van der Waals surface area (Å²) in [5, 5.41) is 0. The van der Waals surface area contributed by atoms with Crippen LogP contribution in [0, 0.1) is 17.8 Å². The van der Waals surface area contributed by atoms with Gasteiger partial charge in [-0.05, 0) is 81.3 Å². The Morgan fingerprint density at radius 2 is 1.65 bits per heavy atom. The van der Waals surface area contributed by atoms with E-state index in [9.17, 15) is 4.79 Å². The van der Waals surface area contributed by atoms with Crippen LogP contribution in [0.1, 0.15) is 90.3 Å². The lowest BCUT2D eigenvalue weighted by Gasteiger charge is -2.33. The minimum Gasteiger partial charge on any atom is -0.399 e. The van der Waals surface area contributed by atoms with Crippen molar-refractivity contribution in [2.45, 2.75) is 96.8 Å². The monoisotopic (exact) mass is 423 g/mol. The van der Waals surface area contributed by atoms with Crippen molar-refractivity contribution >= 4 is 18.5 Å². The lowest BCUT2D eigenvalue weighted by molar-refractivity contribution is -0.129. The van der Waals surface area contributed by atoms with E-state index in [1.165, 1.54) is 43.2 Å².